The minimum atomic E-state index is 0.384. The van der Waals surface area contributed by atoms with E-state index in [2.05, 4.69) is 20.8 Å². The van der Waals surface area contributed by atoms with Crippen LogP contribution in [0.3, 0.4) is 0 Å². The Morgan fingerprint density at radius 3 is 1.85 bits per heavy atom. The Labute approximate surface area is 81.4 Å². The summed E-state index contributed by atoms with van der Waals surface area (Å²) in [6.07, 6.45) is 0. The van der Waals surface area contributed by atoms with E-state index in [1.807, 2.05) is 26.0 Å². The van der Waals surface area contributed by atoms with E-state index in [1.165, 1.54) is 0 Å². The molecule has 0 aromatic heterocycles. The number of rotatable bonds is 0. The van der Waals surface area contributed by atoms with Crippen LogP contribution in [0.25, 0.3) is 0 Å². The summed E-state index contributed by atoms with van der Waals surface area (Å²) in [6, 6.07) is 5.65. The zero-order valence-electron chi connectivity index (χ0n) is 9.26. The molecule has 1 aromatic carbocycles. The molecule has 74 valence electrons. The number of hydrogen-bond acceptors (Lipinski definition) is 1. The van der Waals surface area contributed by atoms with Crippen LogP contribution in [0.2, 0.25) is 0 Å². The monoisotopic (exact) mass is 180 g/mol. The van der Waals surface area contributed by atoms with Gasteiger partial charge in [0.2, 0.25) is 0 Å². The number of aryl methyl sites for hydroxylation is 2. The summed E-state index contributed by atoms with van der Waals surface area (Å²) in [5, 5.41) is 9.10. The summed E-state index contributed by atoms with van der Waals surface area (Å²) in [5.74, 6) is 1.22. The van der Waals surface area contributed by atoms with Crippen molar-refractivity contribution in [3.8, 4) is 5.75 Å². The number of hydrogen-bond donors (Lipinski definition) is 1. The van der Waals surface area contributed by atoms with Crippen LogP contribution >= 0.6 is 0 Å². The minimum absolute atomic E-state index is 0.384. The second kappa shape index (κ2) is 5.63. The van der Waals surface area contributed by atoms with Gasteiger partial charge in [0, 0.05) is 0 Å². The van der Waals surface area contributed by atoms with E-state index in [9.17, 15) is 0 Å². The van der Waals surface area contributed by atoms with Crippen molar-refractivity contribution in [2.45, 2.75) is 34.6 Å². The summed E-state index contributed by atoms with van der Waals surface area (Å²) < 4.78 is 0. The van der Waals surface area contributed by atoms with Crippen LogP contribution in [-0.2, 0) is 0 Å². The van der Waals surface area contributed by atoms with E-state index in [-0.39, 0.29) is 0 Å². The fourth-order valence-corrected chi connectivity index (χ4v) is 0.719. The molecule has 0 saturated carbocycles. The van der Waals surface area contributed by atoms with Crippen LogP contribution < -0.4 is 0 Å². The fourth-order valence-electron chi connectivity index (χ4n) is 0.719. The molecule has 0 radical (unpaired) electrons. The molecule has 0 spiro atoms. The molecule has 0 unspecified atom stereocenters. The van der Waals surface area contributed by atoms with E-state index < -0.39 is 0 Å². The quantitative estimate of drug-likeness (QED) is 0.646. The Morgan fingerprint density at radius 1 is 1.08 bits per heavy atom. The average molecular weight is 180 g/mol. The molecule has 0 fully saturated rings. The SMILES string of the molecule is CC(C)C.Cc1ccc(C)c(O)c1. The topological polar surface area (TPSA) is 20.2 Å². The lowest BCUT2D eigenvalue weighted by Crippen LogP contribution is -1.74. The molecule has 0 aliphatic rings. The number of phenolic OH excluding ortho intramolecular Hbond substituents is 1. The standard InChI is InChI=1S/C8H10O.C4H10/c1-6-3-4-7(2)8(9)5-6;1-4(2)3/h3-5,9H,1-2H3;4H,1-3H3. The lowest BCUT2D eigenvalue weighted by molar-refractivity contribution is 0.470. The van der Waals surface area contributed by atoms with Gasteiger partial charge >= 0.3 is 0 Å². The first-order valence-electron chi connectivity index (χ1n) is 4.69. The molecule has 0 amide bonds. The third kappa shape index (κ3) is 6.21. The normalized spacial score (nSPS) is 9.38. The van der Waals surface area contributed by atoms with Gasteiger partial charge in [0.25, 0.3) is 0 Å². The van der Waals surface area contributed by atoms with Gasteiger partial charge < -0.3 is 5.11 Å². The summed E-state index contributed by atoms with van der Waals surface area (Å²) in [5.41, 5.74) is 2.03. The summed E-state index contributed by atoms with van der Waals surface area (Å²) in [6.45, 7) is 10.3. The maximum atomic E-state index is 9.10. The van der Waals surface area contributed by atoms with Crippen LogP contribution in [-0.4, -0.2) is 5.11 Å². The highest BCUT2D eigenvalue weighted by atomic mass is 16.3. The summed E-state index contributed by atoms with van der Waals surface area (Å²) in [7, 11) is 0. The highest BCUT2D eigenvalue weighted by Gasteiger charge is 1.91. The van der Waals surface area contributed by atoms with Crippen LogP contribution in [0.1, 0.15) is 31.9 Å². The molecule has 0 saturated heterocycles. The Kier molecular flexibility index (Phi) is 5.20. The predicted octanol–water partition coefficient (Wildman–Crippen LogP) is 3.67. The summed E-state index contributed by atoms with van der Waals surface area (Å²) in [4.78, 5) is 0. The number of phenols is 1. The Bertz CT molecular complexity index is 249. The van der Waals surface area contributed by atoms with Crippen LogP contribution in [0.4, 0.5) is 0 Å². The first-order valence-corrected chi connectivity index (χ1v) is 4.69. The Hall–Kier alpha value is -0.980. The molecular formula is C12H20O. The van der Waals surface area contributed by atoms with E-state index in [4.69, 9.17) is 5.11 Å². The van der Waals surface area contributed by atoms with Gasteiger partial charge in [-0.2, -0.15) is 0 Å². The van der Waals surface area contributed by atoms with Crippen LogP contribution in [0.15, 0.2) is 18.2 Å². The first kappa shape index (κ1) is 12.0. The second-order valence-electron chi connectivity index (χ2n) is 4.02. The van der Waals surface area contributed by atoms with Crippen LogP contribution in [0, 0.1) is 19.8 Å². The first-order chi connectivity index (χ1) is 5.93. The maximum Gasteiger partial charge on any atom is 0.118 e. The predicted molar refractivity (Wildman–Crippen MR) is 58.1 cm³/mol. The lowest BCUT2D eigenvalue weighted by atomic mass is 10.1. The molecule has 1 aromatic rings. The summed E-state index contributed by atoms with van der Waals surface area (Å²) >= 11 is 0. The van der Waals surface area contributed by atoms with Gasteiger partial charge in [-0.1, -0.05) is 32.9 Å². The lowest BCUT2D eigenvalue weighted by Gasteiger charge is -1.97. The second-order valence-corrected chi connectivity index (χ2v) is 4.02. The van der Waals surface area contributed by atoms with Crippen molar-refractivity contribution in [2.24, 2.45) is 5.92 Å². The van der Waals surface area contributed by atoms with E-state index in [0.717, 1.165) is 17.0 Å². The molecule has 1 heteroatoms. The van der Waals surface area contributed by atoms with Crippen molar-refractivity contribution in [3.05, 3.63) is 29.3 Å². The maximum absolute atomic E-state index is 9.10. The average Bonchev–Trinajstić information content (AvgIpc) is 1.96. The zero-order valence-corrected chi connectivity index (χ0v) is 9.26. The van der Waals surface area contributed by atoms with Crippen molar-refractivity contribution in [1.29, 1.82) is 0 Å². The molecule has 1 nitrogen and oxygen atoms in total. The molecule has 0 aliphatic carbocycles. The van der Waals surface area contributed by atoms with Gasteiger partial charge in [-0.3, -0.25) is 0 Å². The van der Waals surface area contributed by atoms with E-state index in [0.29, 0.717) is 5.75 Å². The highest BCUT2D eigenvalue weighted by molar-refractivity contribution is 5.34. The number of benzene rings is 1. The minimum Gasteiger partial charge on any atom is -0.508 e. The Balaban J connectivity index is 0.000000310. The molecule has 13 heavy (non-hydrogen) atoms. The zero-order chi connectivity index (χ0) is 10.4. The van der Waals surface area contributed by atoms with Gasteiger partial charge in [0.15, 0.2) is 0 Å². The van der Waals surface area contributed by atoms with Crippen molar-refractivity contribution in [2.75, 3.05) is 0 Å². The van der Waals surface area contributed by atoms with Crippen molar-refractivity contribution >= 4 is 0 Å². The van der Waals surface area contributed by atoms with Gasteiger partial charge in [0.05, 0.1) is 0 Å². The smallest absolute Gasteiger partial charge is 0.118 e. The largest absolute Gasteiger partial charge is 0.508 e. The van der Waals surface area contributed by atoms with E-state index >= 15 is 0 Å². The fraction of sp³-hybridized carbons (Fsp3) is 0.500. The highest BCUT2D eigenvalue weighted by Crippen LogP contribution is 2.15. The van der Waals surface area contributed by atoms with E-state index in [1.54, 1.807) is 6.07 Å². The van der Waals surface area contributed by atoms with Gasteiger partial charge in [-0.15, -0.1) is 0 Å². The molecule has 1 N–H and O–H groups in total. The Morgan fingerprint density at radius 2 is 1.54 bits per heavy atom. The third-order valence-corrected chi connectivity index (χ3v) is 1.36. The molecule has 0 heterocycles. The number of aromatic hydroxyl groups is 1. The molecule has 0 atom stereocenters. The van der Waals surface area contributed by atoms with Gasteiger partial charge in [-0.25, -0.2) is 0 Å². The van der Waals surface area contributed by atoms with Gasteiger partial charge in [0.1, 0.15) is 5.75 Å². The molecular weight excluding hydrogens is 160 g/mol. The molecule has 0 aliphatic heterocycles. The van der Waals surface area contributed by atoms with Crippen molar-refractivity contribution < 1.29 is 5.11 Å². The van der Waals surface area contributed by atoms with Crippen molar-refractivity contribution in [3.63, 3.8) is 0 Å². The van der Waals surface area contributed by atoms with Crippen LogP contribution in [0.5, 0.6) is 5.75 Å². The van der Waals surface area contributed by atoms with Gasteiger partial charge in [-0.05, 0) is 37.0 Å². The van der Waals surface area contributed by atoms with Crippen molar-refractivity contribution in [1.82, 2.24) is 0 Å². The molecule has 1 rings (SSSR count). The molecule has 0 bridgehead atoms. The third-order valence-electron chi connectivity index (χ3n) is 1.36.